The molecule has 0 atom stereocenters. The highest BCUT2D eigenvalue weighted by Gasteiger charge is 2.13. The van der Waals surface area contributed by atoms with E-state index in [-0.39, 0.29) is 17.4 Å². The van der Waals surface area contributed by atoms with Gasteiger partial charge in [0.05, 0.1) is 11.0 Å². The Morgan fingerprint density at radius 3 is 2.83 bits per heavy atom. The van der Waals surface area contributed by atoms with Crippen LogP contribution in [0.1, 0.15) is 5.56 Å². The largest absolute Gasteiger partial charge is 0.616 e. The number of ether oxygens (including phenoxy) is 1. The van der Waals surface area contributed by atoms with Gasteiger partial charge in [-0.15, -0.1) is 4.73 Å². The summed E-state index contributed by atoms with van der Waals surface area (Å²) in [5.74, 6) is 0.221. The Bertz CT molecular complexity index is 601. The average molecular weight is 247 g/mol. The molecular formula is C11H9N3O4. The molecule has 0 bridgehead atoms. The molecule has 2 heterocycles. The first-order valence-corrected chi connectivity index (χ1v) is 5.05. The van der Waals surface area contributed by atoms with Crippen molar-refractivity contribution in [2.75, 3.05) is 0 Å². The minimum atomic E-state index is -0.542. The van der Waals surface area contributed by atoms with Crippen molar-refractivity contribution in [2.45, 2.75) is 6.92 Å². The van der Waals surface area contributed by atoms with Crippen molar-refractivity contribution in [3.05, 3.63) is 57.5 Å². The second kappa shape index (κ2) is 4.66. The summed E-state index contributed by atoms with van der Waals surface area (Å²) in [6.45, 7) is 1.62. The molecule has 0 saturated heterocycles. The van der Waals surface area contributed by atoms with Crippen LogP contribution in [0.2, 0.25) is 0 Å². The molecule has 7 nitrogen and oxygen atoms in total. The third-order valence-corrected chi connectivity index (χ3v) is 2.22. The Morgan fingerprint density at radius 1 is 1.44 bits per heavy atom. The summed E-state index contributed by atoms with van der Waals surface area (Å²) in [5, 5.41) is 21.9. The van der Waals surface area contributed by atoms with Crippen LogP contribution in [-0.4, -0.2) is 9.91 Å². The van der Waals surface area contributed by atoms with E-state index in [2.05, 4.69) is 4.98 Å². The van der Waals surface area contributed by atoms with E-state index < -0.39 is 4.92 Å². The zero-order valence-corrected chi connectivity index (χ0v) is 9.44. The standard InChI is InChI=1S/C11H9N3O4/c1-8-6-9(14(16)17)7-12-11(8)18-10-4-2-3-5-13(10)15/h2-7H,1H3. The molecule has 2 aromatic heterocycles. The van der Waals surface area contributed by atoms with Crippen LogP contribution in [0.3, 0.4) is 0 Å². The first-order chi connectivity index (χ1) is 8.58. The van der Waals surface area contributed by atoms with Crippen molar-refractivity contribution in [3.63, 3.8) is 0 Å². The first kappa shape index (κ1) is 11.8. The number of hydrogen-bond acceptors (Lipinski definition) is 5. The summed E-state index contributed by atoms with van der Waals surface area (Å²) in [6, 6.07) is 6.02. The number of nitrogens with zero attached hydrogens (tertiary/aromatic N) is 3. The van der Waals surface area contributed by atoms with Gasteiger partial charge in [0.25, 0.3) is 5.69 Å². The molecule has 0 aliphatic carbocycles. The number of aryl methyl sites for hydroxylation is 1. The summed E-state index contributed by atoms with van der Waals surface area (Å²) >= 11 is 0. The lowest BCUT2D eigenvalue weighted by Crippen LogP contribution is -2.27. The zero-order chi connectivity index (χ0) is 13.1. The fourth-order valence-corrected chi connectivity index (χ4v) is 1.34. The van der Waals surface area contributed by atoms with Gasteiger partial charge in [-0.05, 0) is 13.0 Å². The second-order valence-corrected chi connectivity index (χ2v) is 3.54. The van der Waals surface area contributed by atoms with Crippen molar-refractivity contribution in [1.82, 2.24) is 4.98 Å². The van der Waals surface area contributed by atoms with Crippen molar-refractivity contribution < 1.29 is 14.4 Å². The van der Waals surface area contributed by atoms with Gasteiger partial charge in [0.1, 0.15) is 6.20 Å². The maximum Gasteiger partial charge on any atom is 0.386 e. The zero-order valence-electron chi connectivity index (χ0n) is 9.44. The van der Waals surface area contributed by atoms with Gasteiger partial charge in [0, 0.05) is 17.7 Å². The minimum Gasteiger partial charge on any atom is -0.616 e. The van der Waals surface area contributed by atoms with Gasteiger partial charge in [-0.1, -0.05) is 0 Å². The molecule has 2 rings (SSSR count). The van der Waals surface area contributed by atoms with Crippen LogP contribution in [0.15, 0.2) is 36.7 Å². The van der Waals surface area contributed by atoms with Crippen LogP contribution < -0.4 is 9.47 Å². The van der Waals surface area contributed by atoms with Gasteiger partial charge in [0.15, 0.2) is 6.20 Å². The molecule has 2 aromatic rings. The lowest BCUT2D eigenvalue weighted by atomic mass is 10.3. The van der Waals surface area contributed by atoms with Gasteiger partial charge >= 0.3 is 5.88 Å². The molecule has 0 aromatic carbocycles. The van der Waals surface area contributed by atoms with Crippen LogP contribution in [-0.2, 0) is 0 Å². The smallest absolute Gasteiger partial charge is 0.386 e. The summed E-state index contributed by atoms with van der Waals surface area (Å²) in [4.78, 5) is 13.8. The molecule has 0 aliphatic rings. The summed E-state index contributed by atoms with van der Waals surface area (Å²) in [5.41, 5.74) is 0.357. The normalized spacial score (nSPS) is 10.1. The van der Waals surface area contributed by atoms with Crippen LogP contribution in [0.5, 0.6) is 11.8 Å². The fraction of sp³-hybridized carbons (Fsp3) is 0.0909. The van der Waals surface area contributed by atoms with Gasteiger partial charge < -0.3 is 9.94 Å². The van der Waals surface area contributed by atoms with Crippen LogP contribution in [0.4, 0.5) is 5.69 Å². The highest BCUT2D eigenvalue weighted by atomic mass is 16.6. The number of pyridine rings is 2. The molecule has 0 unspecified atom stereocenters. The van der Waals surface area contributed by atoms with Gasteiger partial charge in [-0.25, -0.2) is 4.98 Å². The van der Waals surface area contributed by atoms with Crippen molar-refractivity contribution in [2.24, 2.45) is 0 Å². The number of hydrogen-bond donors (Lipinski definition) is 0. The van der Waals surface area contributed by atoms with E-state index >= 15 is 0 Å². The molecule has 0 radical (unpaired) electrons. The predicted molar refractivity (Wildman–Crippen MR) is 61.1 cm³/mol. The third kappa shape index (κ3) is 2.34. The minimum absolute atomic E-state index is 0.0574. The molecule has 0 aliphatic heterocycles. The van der Waals surface area contributed by atoms with Crippen LogP contribution >= 0.6 is 0 Å². The molecule has 0 saturated carbocycles. The van der Waals surface area contributed by atoms with E-state index in [0.717, 1.165) is 6.20 Å². The molecule has 92 valence electrons. The van der Waals surface area contributed by atoms with Gasteiger partial charge in [-0.2, -0.15) is 0 Å². The summed E-state index contributed by atoms with van der Waals surface area (Å²) < 4.78 is 5.84. The van der Waals surface area contributed by atoms with Crippen molar-refractivity contribution in [1.29, 1.82) is 0 Å². The molecule has 0 fully saturated rings. The van der Waals surface area contributed by atoms with Crippen LogP contribution in [0.25, 0.3) is 0 Å². The summed E-state index contributed by atoms with van der Waals surface area (Å²) in [6.07, 6.45) is 2.37. The lowest BCUT2D eigenvalue weighted by molar-refractivity contribution is -0.611. The predicted octanol–water partition coefficient (Wildman–Crippen LogP) is 1.72. The van der Waals surface area contributed by atoms with Gasteiger partial charge in [-0.3, -0.25) is 10.1 Å². The first-order valence-electron chi connectivity index (χ1n) is 5.05. The summed E-state index contributed by atoms with van der Waals surface area (Å²) in [7, 11) is 0. The quantitative estimate of drug-likeness (QED) is 0.356. The molecule has 0 N–H and O–H groups in total. The average Bonchev–Trinajstić information content (AvgIpc) is 2.34. The lowest BCUT2D eigenvalue weighted by Gasteiger charge is -2.06. The highest BCUT2D eigenvalue weighted by molar-refractivity contribution is 5.37. The van der Waals surface area contributed by atoms with E-state index in [9.17, 15) is 15.3 Å². The van der Waals surface area contributed by atoms with E-state index in [0.29, 0.717) is 10.3 Å². The Morgan fingerprint density at radius 2 is 2.22 bits per heavy atom. The highest BCUT2D eigenvalue weighted by Crippen LogP contribution is 2.23. The Kier molecular flexibility index (Phi) is 3.05. The van der Waals surface area contributed by atoms with Crippen molar-refractivity contribution >= 4 is 5.69 Å². The maximum atomic E-state index is 11.4. The topological polar surface area (TPSA) is 92.2 Å². The fourth-order valence-electron chi connectivity index (χ4n) is 1.34. The molecule has 18 heavy (non-hydrogen) atoms. The van der Waals surface area contributed by atoms with E-state index in [1.165, 1.54) is 18.3 Å². The maximum absolute atomic E-state index is 11.4. The second-order valence-electron chi connectivity index (χ2n) is 3.54. The number of rotatable bonds is 3. The van der Waals surface area contributed by atoms with Crippen molar-refractivity contribution in [3.8, 4) is 11.8 Å². The SMILES string of the molecule is Cc1cc([N+](=O)[O-])cnc1Oc1cccc[n+]1[O-]. The number of nitro groups is 1. The van der Waals surface area contributed by atoms with E-state index in [4.69, 9.17) is 4.74 Å². The van der Waals surface area contributed by atoms with Crippen LogP contribution in [0, 0.1) is 22.2 Å². The third-order valence-electron chi connectivity index (χ3n) is 2.22. The Hall–Kier alpha value is -2.70. The van der Waals surface area contributed by atoms with E-state index in [1.807, 2.05) is 0 Å². The van der Waals surface area contributed by atoms with Gasteiger partial charge in [0.2, 0.25) is 5.88 Å². The number of aromatic nitrogens is 2. The molecule has 7 heteroatoms. The Balaban J connectivity index is 2.30. The van der Waals surface area contributed by atoms with E-state index in [1.54, 1.807) is 19.1 Å². The molecule has 0 amide bonds. The molecule has 0 spiro atoms. The Labute approximate surface area is 102 Å². The molecular weight excluding hydrogens is 238 g/mol. The monoisotopic (exact) mass is 247 g/mol.